The normalized spacial score (nSPS) is 29.6. The number of aliphatic hydroxyl groups excluding tert-OH is 1. The number of halogens is 2. The van der Waals surface area contributed by atoms with Gasteiger partial charge in [0.2, 0.25) is 6.43 Å². The number of hydrogen-bond donors (Lipinski definition) is 2. The van der Waals surface area contributed by atoms with Gasteiger partial charge in [-0.1, -0.05) is 0 Å². The molecule has 1 heterocycles. The van der Waals surface area contributed by atoms with Crippen LogP contribution in [-0.2, 0) is 0 Å². The van der Waals surface area contributed by atoms with Crippen molar-refractivity contribution >= 4 is 6.03 Å². The zero-order valence-corrected chi connectivity index (χ0v) is 11.0. The molecular weight excluding hydrogens is 254 g/mol. The smallest absolute Gasteiger partial charge is 0.317 e. The van der Waals surface area contributed by atoms with Gasteiger partial charge in [-0.3, -0.25) is 0 Å². The molecule has 1 aliphatic carbocycles. The first kappa shape index (κ1) is 14.5. The van der Waals surface area contributed by atoms with Gasteiger partial charge in [0.15, 0.2) is 0 Å². The van der Waals surface area contributed by atoms with Crippen LogP contribution in [0.2, 0.25) is 0 Å². The summed E-state index contributed by atoms with van der Waals surface area (Å²) in [4.78, 5) is 13.6. The number of amides is 2. The molecule has 1 saturated carbocycles. The summed E-state index contributed by atoms with van der Waals surface area (Å²) in [5.74, 6) is -0.561. The van der Waals surface area contributed by atoms with Crippen LogP contribution < -0.4 is 5.32 Å². The van der Waals surface area contributed by atoms with Crippen LogP contribution in [0.15, 0.2) is 0 Å². The SMILES string of the molecule is O=C(NC1CCC(O)CC1)N1CCC(C(F)F)CC1. The molecule has 19 heavy (non-hydrogen) atoms. The van der Waals surface area contributed by atoms with Crippen molar-refractivity contribution < 1.29 is 18.7 Å². The minimum Gasteiger partial charge on any atom is -0.393 e. The third-order valence-corrected chi connectivity index (χ3v) is 4.21. The number of carbonyl (C=O) groups excluding carboxylic acids is 1. The average molecular weight is 276 g/mol. The number of piperidine rings is 1. The van der Waals surface area contributed by atoms with E-state index in [9.17, 15) is 18.7 Å². The molecule has 4 nitrogen and oxygen atoms in total. The third-order valence-electron chi connectivity index (χ3n) is 4.21. The van der Waals surface area contributed by atoms with E-state index >= 15 is 0 Å². The largest absolute Gasteiger partial charge is 0.393 e. The van der Waals surface area contributed by atoms with Crippen molar-refractivity contribution in [3.63, 3.8) is 0 Å². The van der Waals surface area contributed by atoms with Crippen LogP contribution in [0, 0.1) is 5.92 Å². The summed E-state index contributed by atoms with van der Waals surface area (Å²) in [6.07, 6.45) is 1.28. The van der Waals surface area contributed by atoms with Gasteiger partial charge in [0.1, 0.15) is 0 Å². The van der Waals surface area contributed by atoms with Gasteiger partial charge in [-0.2, -0.15) is 0 Å². The number of likely N-dealkylation sites (tertiary alicyclic amines) is 1. The Morgan fingerprint density at radius 3 is 2.21 bits per heavy atom. The molecule has 110 valence electrons. The lowest BCUT2D eigenvalue weighted by molar-refractivity contribution is 0.0413. The van der Waals surface area contributed by atoms with Crippen LogP contribution >= 0.6 is 0 Å². The Bertz CT molecular complexity index is 299. The quantitative estimate of drug-likeness (QED) is 0.810. The molecule has 0 bridgehead atoms. The van der Waals surface area contributed by atoms with Gasteiger partial charge in [0.25, 0.3) is 0 Å². The molecule has 0 aromatic carbocycles. The summed E-state index contributed by atoms with van der Waals surface area (Å²) >= 11 is 0. The summed E-state index contributed by atoms with van der Waals surface area (Å²) in [5, 5.41) is 12.3. The van der Waals surface area contributed by atoms with E-state index in [1.165, 1.54) is 0 Å². The zero-order chi connectivity index (χ0) is 13.8. The van der Waals surface area contributed by atoms with Crippen molar-refractivity contribution in [3.8, 4) is 0 Å². The van der Waals surface area contributed by atoms with E-state index in [-0.39, 0.29) is 18.2 Å². The van der Waals surface area contributed by atoms with Crippen LogP contribution in [0.4, 0.5) is 13.6 Å². The highest BCUT2D eigenvalue weighted by Crippen LogP contribution is 2.24. The molecule has 2 aliphatic rings. The Morgan fingerprint density at radius 2 is 1.68 bits per heavy atom. The van der Waals surface area contributed by atoms with Gasteiger partial charge in [0, 0.05) is 25.0 Å². The Kier molecular flexibility index (Phi) is 4.96. The van der Waals surface area contributed by atoms with E-state index in [0.29, 0.717) is 25.9 Å². The first-order valence-corrected chi connectivity index (χ1v) is 7.08. The Hall–Kier alpha value is -0.910. The fourth-order valence-electron chi connectivity index (χ4n) is 2.84. The first-order valence-electron chi connectivity index (χ1n) is 7.08. The van der Waals surface area contributed by atoms with Crippen molar-refractivity contribution in [1.82, 2.24) is 10.2 Å². The molecule has 1 aliphatic heterocycles. The minimum absolute atomic E-state index is 0.115. The van der Waals surface area contributed by atoms with Crippen LogP contribution in [0.1, 0.15) is 38.5 Å². The topological polar surface area (TPSA) is 52.6 Å². The van der Waals surface area contributed by atoms with Crippen molar-refractivity contribution in [3.05, 3.63) is 0 Å². The maximum absolute atomic E-state index is 12.5. The maximum atomic E-state index is 12.5. The van der Waals surface area contributed by atoms with Gasteiger partial charge < -0.3 is 15.3 Å². The van der Waals surface area contributed by atoms with Crippen molar-refractivity contribution in [2.45, 2.75) is 57.1 Å². The molecule has 0 aromatic heterocycles. The fraction of sp³-hybridized carbons (Fsp3) is 0.923. The highest BCUT2D eigenvalue weighted by atomic mass is 19.3. The molecular formula is C13H22F2N2O2. The predicted octanol–water partition coefficient (Wildman–Crippen LogP) is 1.98. The van der Waals surface area contributed by atoms with Gasteiger partial charge >= 0.3 is 6.03 Å². The molecule has 1 saturated heterocycles. The third kappa shape index (κ3) is 4.03. The van der Waals surface area contributed by atoms with E-state index in [1.807, 2.05) is 0 Å². The second-order valence-corrected chi connectivity index (χ2v) is 5.61. The highest BCUT2D eigenvalue weighted by Gasteiger charge is 2.29. The first-order chi connectivity index (χ1) is 9.06. The second-order valence-electron chi connectivity index (χ2n) is 5.61. The molecule has 2 rings (SSSR count). The molecule has 2 amide bonds. The number of nitrogens with one attached hydrogen (secondary N) is 1. The molecule has 6 heteroatoms. The zero-order valence-electron chi connectivity index (χ0n) is 11.0. The number of hydrogen-bond acceptors (Lipinski definition) is 2. The number of nitrogens with zero attached hydrogens (tertiary/aromatic N) is 1. The minimum atomic E-state index is -2.27. The van der Waals surface area contributed by atoms with Crippen molar-refractivity contribution in [2.75, 3.05) is 13.1 Å². The summed E-state index contributed by atoms with van der Waals surface area (Å²) in [6.45, 7) is 0.826. The van der Waals surface area contributed by atoms with Crippen molar-refractivity contribution in [1.29, 1.82) is 0 Å². The number of aliphatic hydroxyl groups is 1. The lowest BCUT2D eigenvalue weighted by Crippen LogP contribution is -2.49. The molecule has 0 atom stereocenters. The highest BCUT2D eigenvalue weighted by molar-refractivity contribution is 5.74. The average Bonchev–Trinajstić information content (AvgIpc) is 2.41. The predicted molar refractivity (Wildman–Crippen MR) is 67.1 cm³/mol. The van der Waals surface area contributed by atoms with E-state index in [2.05, 4.69) is 5.32 Å². The number of urea groups is 1. The maximum Gasteiger partial charge on any atom is 0.317 e. The Balaban J connectivity index is 1.72. The standard InChI is InChI=1S/C13H22F2N2O2/c14-12(15)9-5-7-17(8-6-9)13(19)16-10-1-3-11(18)4-2-10/h9-12,18H,1-8H2,(H,16,19). The van der Waals surface area contributed by atoms with Crippen LogP contribution in [0.5, 0.6) is 0 Å². The lowest BCUT2D eigenvalue weighted by atomic mass is 9.93. The summed E-state index contributed by atoms with van der Waals surface area (Å²) in [7, 11) is 0. The molecule has 2 fully saturated rings. The Labute approximate surface area is 112 Å². The number of alkyl halides is 2. The van der Waals surface area contributed by atoms with E-state index in [1.54, 1.807) is 4.90 Å². The summed E-state index contributed by atoms with van der Waals surface area (Å²) < 4.78 is 25.0. The van der Waals surface area contributed by atoms with E-state index in [0.717, 1.165) is 25.7 Å². The van der Waals surface area contributed by atoms with E-state index < -0.39 is 12.3 Å². The molecule has 2 N–H and O–H groups in total. The van der Waals surface area contributed by atoms with E-state index in [4.69, 9.17) is 0 Å². The molecule has 0 aromatic rings. The van der Waals surface area contributed by atoms with Crippen LogP contribution in [0.3, 0.4) is 0 Å². The molecule has 0 unspecified atom stereocenters. The van der Waals surface area contributed by atoms with Gasteiger partial charge in [-0.05, 0) is 38.5 Å². The van der Waals surface area contributed by atoms with Gasteiger partial charge in [-0.15, -0.1) is 0 Å². The molecule has 0 spiro atoms. The molecule has 0 radical (unpaired) electrons. The van der Waals surface area contributed by atoms with Crippen LogP contribution in [-0.4, -0.2) is 47.7 Å². The van der Waals surface area contributed by atoms with Crippen LogP contribution in [0.25, 0.3) is 0 Å². The summed E-state index contributed by atoms with van der Waals surface area (Å²) in [6, 6.07) is -0.0298. The summed E-state index contributed by atoms with van der Waals surface area (Å²) in [5.41, 5.74) is 0. The number of carbonyl (C=O) groups is 1. The van der Waals surface area contributed by atoms with Gasteiger partial charge in [-0.25, -0.2) is 13.6 Å². The second kappa shape index (κ2) is 6.50. The lowest BCUT2D eigenvalue weighted by Gasteiger charge is -2.34. The Morgan fingerprint density at radius 1 is 1.11 bits per heavy atom. The fourth-order valence-corrected chi connectivity index (χ4v) is 2.84. The van der Waals surface area contributed by atoms with Gasteiger partial charge in [0.05, 0.1) is 6.10 Å². The van der Waals surface area contributed by atoms with Crippen molar-refractivity contribution in [2.24, 2.45) is 5.92 Å². The number of rotatable bonds is 2. The monoisotopic (exact) mass is 276 g/mol.